The van der Waals surface area contributed by atoms with Gasteiger partial charge in [-0.3, -0.25) is 9.89 Å². The summed E-state index contributed by atoms with van der Waals surface area (Å²) in [7, 11) is 0. The summed E-state index contributed by atoms with van der Waals surface area (Å²) in [6.45, 7) is 1.87. The quantitative estimate of drug-likeness (QED) is 0.889. The second-order valence-corrected chi connectivity index (χ2v) is 4.98. The Bertz CT molecular complexity index is 614. The van der Waals surface area contributed by atoms with E-state index in [0.717, 1.165) is 24.1 Å². The number of hydrogen-bond acceptors (Lipinski definition) is 2. The van der Waals surface area contributed by atoms with Crippen LogP contribution in [0, 0.1) is 12.7 Å². The molecule has 1 heterocycles. The molecule has 0 bridgehead atoms. The minimum atomic E-state index is -0.513. The summed E-state index contributed by atoms with van der Waals surface area (Å²) in [5, 5.41) is 9.57. The molecule has 1 fully saturated rings. The number of aromatic nitrogens is 2. The van der Waals surface area contributed by atoms with Gasteiger partial charge in [0.25, 0.3) is 0 Å². The van der Waals surface area contributed by atoms with Crippen LogP contribution in [0.25, 0.3) is 0 Å². The summed E-state index contributed by atoms with van der Waals surface area (Å²) in [5.41, 5.74) is 1.24. The molecule has 0 saturated heterocycles. The standard InChI is InChI=1S/C14H14FN3O/c1-9-8-12(18-17-9)16-13(19)14(6-7-14)10-2-4-11(15)5-3-10/h2-5,8H,6-7H2,1H3,(H2,16,17,18,19). The molecule has 4 nitrogen and oxygen atoms in total. The Morgan fingerprint density at radius 2 is 2.05 bits per heavy atom. The van der Waals surface area contributed by atoms with Crippen molar-refractivity contribution in [3.8, 4) is 0 Å². The molecule has 0 aliphatic heterocycles. The van der Waals surface area contributed by atoms with Crippen LogP contribution in [0.2, 0.25) is 0 Å². The van der Waals surface area contributed by atoms with Crippen LogP contribution in [0.5, 0.6) is 0 Å². The fraction of sp³-hybridized carbons (Fsp3) is 0.286. The van der Waals surface area contributed by atoms with Gasteiger partial charge in [-0.1, -0.05) is 12.1 Å². The molecule has 1 aromatic carbocycles. The first-order valence-electron chi connectivity index (χ1n) is 6.20. The van der Waals surface area contributed by atoms with Gasteiger partial charge in [0.2, 0.25) is 5.91 Å². The Balaban J connectivity index is 1.81. The lowest BCUT2D eigenvalue weighted by atomic mass is 9.95. The predicted molar refractivity (Wildman–Crippen MR) is 69.3 cm³/mol. The fourth-order valence-electron chi connectivity index (χ4n) is 2.26. The molecule has 1 aliphatic carbocycles. The highest BCUT2D eigenvalue weighted by Gasteiger charge is 2.51. The van der Waals surface area contributed by atoms with E-state index in [9.17, 15) is 9.18 Å². The summed E-state index contributed by atoms with van der Waals surface area (Å²) >= 11 is 0. The second kappa shape index (κ2) is 4.19. The molecule has 1 saturated carbocycles. The van der Waals surface area contributed by atoms with Gasteiger partial charge in [0, 0.05) is 11.8 Å². The molecule has 2 aromatic rings. The minimum absolute atomic E-state index is 0.0781. The summed E-state index contributed by atoms with van der Waals surface area (Å²) in [6.07, 6.45) is 1.57. The maximum atomic E-state index is 12.9. The first-order valence-corrected chi connectivity index (χ1v) is 6.20. The van der Waals surface area contributed by atoms with Crippen molar-refractivity contribution < 1.29 is 9.18 Å². The Labute approximate surface area is 110 Å². The number of nitrogens with zero attached hydrogens (tertiary/aromatic N) is 1. The zero-order valence-corrected chi connectivity index (χ0v) is 10.5. The number of aryl methyl sites for hydroxylation is 1. The van der Waals surface area contributed by atoms with Crippen LogP contribution in [-0.4, -0.2) is 16.1 Å². The largest absolute Gasteiger partial charge is 0.308 e. The Morgan fingerprint density at radius 3 is 2.58 bits per heavy atom. The van der Waals surface area contributed by atoms with Gasteiger partial charge >= 0.3 is 0 Å². The van der Waals surface area contributed by atoms with Gasteiger partial charge in [0.05, 0.1) is 5.41 Å². The van der Waals surface area contributed by atoms with Gasteiger partial charge in [0.1, 0.15) is 5.82 Å². The average Bonchev–Trinajstić information content (AvgIpc) is 3.10. The van der Waals surface area contributed by atoms with Crippen LogP contribution in [0.4, 0.5) is 10.2 Å². The Kier molecular flexibility index (Phi) is 2.62. The molecule has 3 rings (SSSR count). The monoisotopic (exact) mass is 259 g/mol. The van der Waals surface area contributed by atoms with Gasteiger partial charge in [0.15, 0.2) is 5.82 Å². The number of carbonyl (C=O) groups is 1. The van der Waals surface area contributed by atoms with Gasteiger partial charge in [-0.25, -0.2) is 4.39 Å². The lowest BCUT2D eigenvalue weighted by Gasteiger charge is -2.14. The molecule has 0 spiro atoms. The summed E-state index contributed by atoms with van der Waals surface area (Å²) in [5.74, 6) is 0.157. The van der Waals surface area contributed by atoms with Crippen LogP contribution < -0.4 is 5.32 Å². The number of benzene rings is 1. The van der Waals surface area contributed by atoms with E-state index in [1.54, 1.807) is 18.2 Å². The SMILES string of the molecule is Cc1cc(NC(=O)C2(c3ccc(F)cc3)CC2)n[nH]1. The smallest absolute Gasteiger partial charge is 0.236 e. The highest BCUT2D eigenvalue weighted by atomic mass is 19.1. The van der Waals surface area contributed by atoms with Gasteiger partial charge in [-0.2, -0.15) is 5.10 Å². The molecule has 2 N–H and O–H groups in total. The lowest BCUT2D eigenvalue weighted by Crippen LogP contribution is -2.27. The number of anilines is 1. The van der Waals surface area contributed by atoms with Crippen molar-refractivity contribution in [1.82, 2.24) is 10.2 Å². The summed E-state index contributed by atoms with van der Waals surface area (Å²) in [4.78, 5) is 12.3. The van der Waals surface area contributed by atoms with Crippen LogP contribution in [-0.2, 0) is 10.2 Å². The molecule has 19 heavy (non-hydrogen) atoms. The molecule has 0 unspecified atom stereocenters. The van der Waals surface area contributed by atoms with Crippen molar-refractivity contribution in [2.45, 2.75) is 25.2 Å². The maximum absolute atomic E-state index is 12.9. The zero-order valence-electron chi connectivity index (χ0n) is 10.5. The van der Waals surface area contributed by atoms with E-state index in [2.05, 4.69) is 15.5 Å². The predicted octanol–water partition coefficient (Wildman–Crippen LogP) is 2.53. The van der Waals surface area contributed by atoms with Crippen molar-refractivity contribution in [1.29, 1.82) is 0 Å². The number of nitrogens with one attached hydrogen (secondary N) is 2. The average molecular weight is 259 g/mol. The second-order valence-electron chi connectivity index (χ2n) is 4.98. The first-order chi connectivity index (χ1) is 9.10. The van der Waals surface area contributed by atoms with Crippen LogP contribution in [0.15, 0.2) is 30.3 Å². The molecular formula is C14H14FN3O. The van der Waals surface area contributed by atoms with E-state index in [-0.39, 0.29) is 11.7 Å². The third-order valence-corrected chi connectivity index (χ3v) is 3.53. The number of hydrogen-bond donors (Lipinski definition) is 2. The number of aromatic amines is 1. The highest BCUT2D eigenvalue weighted by Crippen LogP contribution is 2.48. The molecule has 1 aromatic heterocycles. The van der Waals surface area contributed by atoms with E-state index in [1.165, 1.54) is 12.1 Å². The molecular weight excluding hydrogens is 245 g/mol. The Hall–Kier alpha value is -2.17. The molecule has 1 aliphatic rings. The van der Waals surface area contributed by atoms with E-state index in [1.807, 2.05) is 6.92 Å². The number of carbonyl (C=O) groups excluding carboxylic acids is 1. The Morgan fingerprint density at radius 1 is 1.37 bits per heavy atom. The van der Waals surface area contributed by atoms with Crippen LogP contribution in [0.1, 0.15) is 24.1 Å². The van der Waals surface area contributed by atoms with E-state index in [0.29, 0.717) is 5.82 Å². The molecule has 98 valence electrons. The minimum Gasteiger partial charge on any atom is -0.308 e. The maximum Gasteiger partial charge on any atom is 0.236 e. The van der Waals surface area contributed by atoms with Gasteiger partial charge in [-0.05, 0) is 37.5 Å². The van der Waals surface area contributed by atoms with E-state index < -0.39 is 5.41 Å². The number of amides is 1. The van der Waals surface area contributed by atoms with Crippen molar-refractivity contribution >= 4 is 11.7 Å². The van der Waals surface area contributed by atoms with Crippen LogP contribution >= 0.6 is 0 Å². The van der Waals surface area contributed by atoms with Crippen molar-refractivity contribution in [3.05, 3.63) is 47.4 Å². The molecule has 5 heteroatoms. The van der Waals surface area contributed by atoms with Crippen molar-refractivity contribution in [2.75, 3.05) is 5.32 Å². The van der Waals surface area contributed by atoms with Gasteiger partial charge in [-0.15, -0.1) is 0 Å². The number of rotatable bonds is 3. The van der Waals surface area contributed by atoms with Crippen LogP contribution in [0.3, 0.4) is 0 Å². The lowest BCUT2D eigenvalue weighted by molar-refractivity contribution is -0.118. The number of H-pyrrole nitrogens is 1. The number of halogens is 1. The van der Waals surface area contributed by atoms with Crippen molar-refractivity contribution in [3.63, 3.8) is 0 Å². The molecule has 0 radical (unpaired) electrons. The first kappa shape index (κ1) is 11.9. The third-order valence-electron chi connectivity index (χ3n) is 3.53. The normalized spacial score (nSPS) is 16.1. The van der Waals surface area contributed by atoms with Gasteiger partial charge < -0.3 is 5.32 Å². The molecule has 1 amide bonds. The third kappa shape index (κ3) is 2.12. The van der Waals surface area contributed by atoms with E-state index >= 15 is 0 Å². The zero-order chi connectivity index (χ0) is 13.5. The topological polar surface area (TPSA) is 57.8 Å². The summed E-state index contributed by atoms with van der Waals surface area (Å²) < 4.78 is 12.9. The summed E-state index contributed by atoms with van der Waals surface area (Å²) in [6, 6.07) is 7.91. The van der Waals surface area contributed by atoms with E-state index in [4.69, 9.17) is 0 Å². The highest BCUT2D eigenvalue weighted by molar-refractivity contribution is 6.00. The van der Waals surface area contributed by atoms with Crippen molar-refractivity contribution in [2.24, 2.45) is 0 Å². The fourth-order valence-corrected chi connectivity index (χ4v) is 2.26. The molecule has 0 atom stereocenters.